The van der Waals surface area contributed by atoms with Gasteiger partial charge in [0.05, 0.1) is 6.54 Å². The van der Waals surface area contributed by atoms with Crippen molar-refractivity contribution in [2.75, 3.05) is 46.8 Å². The molecule has 0 unspecified atom stereocenters. The van der Waals surface area contributed by atoms with Crippen molar-refractivity contribution in [3.8, 4) is 0 Å². The van der Waals surface area contributed by atoms with E-state index in [1.807, 2.05) is 4.90 Å². The number of nitrogens with zero attached hydrogens (tertiary/aromatic N) is 3. The molecule has 0 aromatic rings. The molecule has 1 N–H and O–H groups in total. The zero-order valence-electron chi connectivity index (χ0n) is 12.2. The zero-order chi connectivity index (χ0) is 15.1. The summed E-state index contributed by atoms with van der Waals surface area (Å²) in [6, 6.07) is 0. The molecule has 1 heterocycles. The molecule has 7 nitrogen and oxygen atoms in total. The number of hydrogen-bond acceptors (Lipinski definition) is 4. The molecule has 0 aromatic heterocycles. The van der Waals surface area contributed by atoms with Crippen LogP contribution in [0.25, 0.3) is 0 Å². The van der Waals surface area contributed by atoms with Crippen molar-refractivity contribution in [2.45, 2.75) is 19.3 Å². The van der Waals surface area contributed by atoms with E-state index in [2.05, 4.69) is 0 Å². The number of likely N-dealkylation sites (N-methyl/N-ethyl adjacent to an activating group) is 1. The molecule has 0 saturated carbocycles. The van der Waals surface area contributed by atoms with Crippen molar-refractivity contribution >= 4 is 17.8 Å². The Morgan fingerprint density at radius 2 is 1.65 bits per heavy atom. The normalized spacial score (nSPS) is 16.0. The molecule has 0 radical (unpaired) electrons. The molecule has 1 fully saturated rings. The second kappa shape index (κ2) is 7.84. The van der Waals surface area contributed by atoms with Crippen LogP contribution in [0.1, 0.15) is 19.3 Å². The summed E-state index contributed by atoms with van der Waals surface area (Å²) in [6.07, 6.45) is 0.694. The molecule has 0 bridgehead atoms. The van der Waals surface area contributed by atoms with Crippen LogP contribution in [0.15, 0.2) is 0 Å². The summed E-state index contributed by atoms with van der Waals surface area (Å²) in [4.78, 5) is 39.2. The minimum atomic E-state index is -0.871. The lowest BCUT2D eigenvalue weighted by Gasteiger charge is -2.34. The molecule has 2 amide bonds. The molecule has 1 rings (SSSR count). The van der Waals surface area contributed by atoms with E-state index in [9.17, 15) is 14.4 Å². The van der Waals surface area contributed by atoms with E-state index in [1.165, 1.54) is 0 Å². The van der Waals surface area contributed by atoms with Crippen molar-refractivity contribution in [3.05, 3.63) is 0 Å². The molecular weight excluding hydrogens is 262 g/mol. The Balaban J connectivity index is 2.26. The van der Waals surface area contributed by atoms with Crippen molar-refractivity contribution in [3.63, 3.8) is 0 Å². The maximum atomic E-state index is 11.9. The van der Waals surface area contributed by atoms with Gasteiger partial charge >= 0.3 is 5.97 Å². The SMILES string of the molecule is CN(C)C(=O)CN1CCN(C(=O)CCCC(=O)O)CC1. The number of carboxylic acid groups (broad SMARTS) is 1. The Kier molecular flexibility index (Phi) is 6.44. The summed E-state index contributed by atoms with van der Waals surface area (Å²) in [5.41, 5.74) is 0. The van der Waals surface area contributed by atoms with Crippen molar-refractivity contribution in [2.24, 2.45) is 0 Å². The summed E-state index contributed by atoms with van der Waals surface area (Å²) in [7, 11) is 3.45. The average molecular weight is 285 g/mol. The fourth-order valence-electron chi connectivity index (χ4n) is 2.04. The summed E-state index contributed by atoms with van der Waals surface area (Å²) < 4.78 is 0. The van der Waals surface area contributed by atoms with Gasteiger partial charge in [0.25, 0.3) is 0 Å². The van der Waals surface area contributed by atoms with Gasteiger partial charge in [0.15, 0.2) is 0 Å². The predicted octanol–water partition coefficient (Wildman–Crippen LogP) is -0.526. The first-order chi connectivity index (χ1) is 9.40. The highest BCUT2D eigenvalue weighted by Crippen LogP contribution is 2.06. The van der Waals surface area contributed by atoms with Gasteiger partial charge in [0, 0.05) is 53.1 Å². The summed E-state index contributed by atoms with van der Waals surface area (Å²) in [5.74, 6) is -0.805. The van der Waals surface area contributed by atoms with Gasteiger partial charge in [-0.3, -0.25) is 19.3 Å². The van der Waals surface area contributed by atoms with Crippen LogP contribution in [-0.4, -0.2) is 84.4 Å². The first-order valence-electron chi connectivity index (χ1n) is 6.82. The Morgan fingerprint density at radius 3 is 2.15 bits per heavy atom. The third-order valence-electron chi connectivity index (χ3n) is 3.36. The number of carboxylic acids is 1. The molecule has 0 aliphatic carbocycles. The molecule has 1 aliphatic heterocycles. The van der Waals surface area contributed by atoms with Crippen molar-refractivity contribution in [1.82, 2.24) is 14.7 Å². The topological polar surface area (TPSA) is 81.2 Å². The molecular formula is C13H23N3O4. The van der Waals surface area contributed by atoms with E-state index in [1.54, 1.807) is 23.9 Å². The van der Waals surface area contributed by atoms with Gasteiger partial charge in [0.1, 0.15) is 0 Å². The fraction of sp³-hybridized carbons (Fsp3) is 0.769. The maximum absolute atomic E-state index is 11.9. The van der Waals surface area contributed by atoms with Gasteiger partial charge in [-0.1, -0.05) is 0 Å². The number of aliphatic carboxylic acids is 1. The number of carbonyl (C=O) groups excluding carboxylic acids is 2. The maximum Gasteiger partial charge on any atom is 0.303 e. The van der Waals surface area contributed by atoms with Gasteiger partial charge < -0.3 is 14.9 Å². The number of hydrogen-bond donors (Lipinski definition) is 1. The van der Waals surface area contributed by atoms with Crippen LogP contribution >= 0.6 is 0 Å². The van der Waals surface area contributed by atoms with Crippen molar-refractivity contribution in [1.29, 1.82) is 0 Å². The smallest absolute Gasteiger partial charge is 0.303 e. The van der Waals surface area contributed by atoms with Crippen LogP contribution in [0.3, 0.4) is 0 Å². The lowest BCUT2D eigenvalue weighted by molar-refractivity contribution is -0.137. The highest BCUT2D eigenvalue weighted by molar-refractivity contribution is 5.78. The fourth-order valence-corrected chi connectivity index (χ4v) is 2.04. The quantitative estimate of drug-likeness (QED) is 0.710. The van der Waals surface area contributed by atoms with E-state index >= 15 is 0 Å². The zero-order valence-corrected chi connectivity index (χ0v) is 12.2. The van der Waals surface area contributed by atoms with E-state index < -0.39 is 5.97 Å². The highest BCUT2D eigenvalue weighted by atomic mass is 16.4. The highest BCUT2D eigenvalue weighted by Gasteiger charge is 2.22. The van der Waals surface area contributed by atoms with Gasteiger partial charge in [0.2, 0.25) is 11.8 Å². The van der Waals surface area contributed by atoms with Gasteiger partial charge in [-0.15, -0.1) is 0 Å². The molecule has 0 atom stereocenters. The second-order valence-electron chi connectivity index (χ2n) is 5.19. The molecule has 20 heavy (non-hydrogen) atoms. The Hall–Kier alpha value is -1.63. The monoisotopic (exact) mass is 285 g/mol. The van der Waals surface area contributed by atoms with E-state index in [0.29, 0.717) is 39.1 Å². The number of piperazine rings is 1. The minimum absolute atomic E-state index is 0.00448. The van der Waals surface area contributed by atoms with E-state index in [4.69, 9.17) is 5.11 Å². The minimum Gasteiger partial charge on any atom is -0.481 e. The molecule has 114 valence electrons. The third kappa shape index (κ3) is 5.56. The lowest BCUT2D eigenvalue weighted by Crippen LogP contribution is -2.51. The predicted molar refractivity (Wildman–Crippen MR) is 73.2 cm³/mol. The van der Waals surface area contributed by atoms with Gasteiger partial charge in [-0.2, -0.15) is 0 Å². The standard InChI is InChI=1S/C13H23N3O4/c1-14(2)12(18)10-15-6-8-16(9-7-15)11(17)4-3-5-13(19)20/h3-10H2,1-2H3,(H,19,20). The molecule has 1 aliphatic rings. The van der Waals surface area contributed by atoms with Crippen LogP contribution < -0.4 is 0 Å². The largest absolute Gasteiger partial charge is 0.481 e. The van der Waals surface area contributed by atoms with Gasteiger partial charge in [-0.05, 0) is 6.42 Å². The first-order valence-corrected chi connectivity index (χ1v) is 6.82. The molecule has 7 heteroatoms. The Labute approximate surface area is 119 Å². The Morgan fingerprint density at radius 1 is 1.05 bits per heavy atom. The van der Waals surface area contributed by atoms with E-state index in [0.717, 1.165) is 0 Å². The first kappa shape index (κ1) is 16.4. The van der Waals surface area contributed by atoms with E-state index in [-0.39, 0.29) is 24.7 Å². The summed E-state index contributed by atoms with van der Waals surface area (Å²) in [5, 5.41) is 8.53. The Bertz CT molecular complexity index is 363. The van der Waals surface area contributed by atoms with Gasteiger partial charge in [-0.25, -0.2) is 0 Å². The second-order valence-corrected chi connectivity index (χ2v) is 5.19. The van der Waals surface area contributed by atoms with Crippen LogP contribution in [0, 0.1) is 0 Å². The number of carbonyl (C=O) groups is 3. The summed E-state index contributed by atoms with van der Waals surface area (Å²) in [6.45, 7) is 2.96. The van der Waals surface area contributed by atoms with Crippen LogP contribution in [0.4, 0.5) is 0 Å². The van der Waals surface area contributed by atoms with Crippen molar-refractivity contribution < 1.29 is 19.5 Å². The van der Waals surface area contributed by atoms with Crippen LogP contribution in [0.2, 0.25) is 0 Å². The average Bonchev–Trinajstić information content (AvgIpc) is 2.38. The number of amides is 2. The molecule has 1 saturated heterocycles. The third-order valence-corrected chi connectivity index (χ3v) is 3.36. The van der Waals surface area contributed by atoms with Crippen LogP contribution in [0.5, 0.6) is 0 Å². The molecule has 0 aromatic carbocycles. The lowest BCUT2D eigenvalue weighted by atomic mass is 10.2. The summed E-state index contributed by atoms with van der Waals surface area (Å²) >= 11 is 0. The number of rotatable bonds is 6. The van der Waals surface area contributed by atoms with Crippen LogP contribution in [-0.2, 0) is 14.4 Å². The molecule has 0 spiro atoms.